The molecule has 1 aromatic heterocycles. The predicted octanol–water partition coefficient (Wildman–Crippen LogP) is 4.52. The van der Waals surface area contributed by atoms with Gasteiger partial charge in [-0.15, -0.1) is 0 Å². The molecule has 5 heteroatoms. The first-order valence-corrected chi connectivity index (χ1v) is 7.81. The number of hydrogen-bond donors (Lipinski definition) is 1. The summed E-state index contributed by atoms with van der Waals surface area (Å²) in [6, 6.07) is 10.2. The summed E-state index contributed by atoms with van der Waals surface area (Å²) in [5.74, 6) is 0.710. The minimum Gasteiger partial charge on any atom is -0.354 e. The summed E-state index contributed by atoms with van der Waals surface area (Å²) in [6.45, 7) is 5.01. The van der Waals surface area contributed by atoms with Crippen molar-refractivity contribution < 1.29 is 0 Å². The Kier molecular flexibility index (Phi) is 5.22. The van der Waals surface area contributed by atoms with E-state index in [2.05, 4.69) is 50.3 Å². The molecule has 0 saturated carbocycles. The van der Waals surface area contributed by atoms with Crippen LogP contribution in [-0.4, -0.2) is 16.5 Å². The van der Waals surface area contributed by atoms with Gasteiger partial charge >= 0.3 is 0 Å². The molecule has 0 radical (unpaired) electrons. The maximum Gasteiger partial charge on any atom is 0.223 e. The van der Waals surface area contributed by atoms with Crippen molar-refractivity contribution in [2.75, 3.05) is 11.9 Å². The number of nitrogens with zero attached hydrogens (tertiary/aromatic N) is 2. The summed E-state index contributed by atoms with van der Waals surface area (Å²) in [4.78, 5) is 10.1. The van der Waals surface area contributed by atoms with Gasteiger partial charge in [-0.05, 0) is 43.7 Å². The van der Waals surface area contributed by atoms with Crippen LogP contribution in [0.1, 0.15) is 19.0 Å². The highest BCUT2D eigenvalue weighted by Crippen LogP contribution is 2.28. The van der Waals surface area contributed by atoms with Crippen molar-refractivity contribution in [3.05, 3.63) is 40.5 Å². The minimum atomic E-state index is 0.710. The van der Waals surface area contributed by atoms with Gasteiger partial charge in [-0.2, -0.15) is 0 Å². The lowest BCUT2D eigenvalue weighted by Gasteiger charge is -2.07. The molecule has 0 aliphatic carbocycles. The van der Waals surface area contributed by atoms with E-state index < -0.39 is 0 Å². The zero-order chi connectivity index (χ0) is 13.7. The van der Waals surface area contributed by atoms with Gasteiger partial charge in [0.1, 0.15) is 5.03 Å². The number of aromatic nitrogens is 2. The van der Waals surface area contributed by atoms with Crippen molar-refractivity contribution in [2.24, 2.45) is 0 Å². The van der Waals surface area contributed by atoms with Crippen LogP contribution in [0.15, 0.2) is 44.7 Å². The maximum atomic E-state index is 4.52. The highest BCUT2D eigenvalue weighted by Gasteiger charge is 2.04. The quantitative estimate of drug-likeness (QED) is 0.814. The molecule has 1 N–H and O–H groups in total. The third kappa shape index (κ3) is 4.51. The first kappa shape index (κ1) is 14.3. The Labute approximate surface area is 126 Å². The molecule has 0 aliphatic heterocycles. The predicted molar refractivity (Wildman–Crippen MR) is 83.8 cm³/mol. The molecule has 0 atom stereocenters. The van der Waals surface area contributed by atoms with E-state index in [1.807, 2.05) is 25.1 Å². The second kappa shape index (κ2) is 6.91. The summed E-state index contributed by atoms with van der Waals surface area (Å²) < 4.78 is 1.08. The first-order valence-electron chi connectivity index (χ1n) is 6.20. The number of anilines is 1. The van der Waals surface area contributed by atoms with Crippen LogP contribution in [0.5, 0.6) is 0 Å². The van der Waals surface area contributed by atoms with Crippen LogP contribution in [-0.2, 0) is 0 Å². The summed E-state index contributed by atoms with van der Waals surface area (Å²) >= 11 is 5.08. The molecule has 2 rings (SSSR count). The SMILES string of the molecule is CCCNc1nc(C)cc(Sc2ccc(Br)cc2)n1. The fourth-order valence-corrected chi connectivity index (χ4v) is 2.67. The number of nitrogens with one attached hydrogen (secondary N) is 1. The molecule has 1 heterocycles. The molecule has 0 aliphatic rings. The van der Waals surface area contributed by atoms with Crippen LogP contribution in [0.25, 0.3) is 0 Å². The lowest BCUT2D eigenvalue weighted by atomic mass is 10.4. The van der Waals surface area contributed by atoms with Crippen molar-refractivity contribution in [2.45, 2.75) is 30.2 Å². The standard InChI is InChI=1S/C14H16BrN3S/c1-3-8-16-14-17-10(2)9-13(18-14)19-12-6-4-11(15)5-7-12/h4-7,9H,3,8H2,1-2H3,(H,16,17,18). The van der Waals surface area contributed by atoms with Crippen LogP contribution >= 0.6 is 27.7 Å². The van der Waals surface area contributed by atoms with Crippen molar-refractivity contribution in [1.82, 2.24) is 9.97 Å². The molecule has 1 aromatic carbocycles. The molecule has 0 unspecified atom stereocenters. The van der Waals surface area contributed by atoms with E-state index in [-0.39, 0.29) is 0 Å². The molecular weight excluding hydrogens is 322 g/mol. The first-order chi connectivity index (χ1) is 9.17. The van der Waals surface area contributed by atoms with E-state index in [1.165, 1.54) is 4.90 Å². The van der Waals surface area contributed by atoms with E-state index in [0.717, 1.165) is 28.2 Å². The zero-order valence-corrected chi connectivity index (χ0v) is 13.4. The second-order valence-corrected chi connectivity index (χ2v) is 6.16. The van der Waals surface area contributed by atoms with Crippen LogP contribution in [0, 0.1) is 6.92 Å². The van der Waals surface area contributed by atoms with E-state index in [4.69, 9.17) is 0 Å². The summed E-state index contributed by atoms with van der Waals surface area (Å²) in [5.41, 5.74) is 0.980. The average Bonchev–Trinajstić information content (AvgIpc) is 2.38. The molecule has 0 fully saturated rings. The molecule has 0 spiro atoms. The third-order valence-corrected chi connectivity index (χ3v) is 3.85. The summed E-state index contributed by atoms with van der Waals surface area (Å²) in [5, 5.41) is 4.19. The van der Waals surface area contributed by atoms with Gasteiger partial charge in [-0.1, -0.05) is 34.6 Å². The van der Waals surface area contributed by atoms with Gasteiger partial charge in [0.05, 0.1) is 0 Å². The van der Waals surface area contributed by atoms with Crippen molar-refractivity contribution >= 4 is 33.6 Å². The normalized spacial score (nSPS) is 10.5. The third-order valence-electron chi connectivity index (χ3n) is 2.40. The van der Waals surface area contributed by atoms with E-state index in [0.29, 0.717) is 5.95 Å². The Balaban J connectivity index is 2.15. The average molecular weight is 338 g/mol. The molecule has 19 heavy (non-hydrogen) atoms. The van der Waals surface area contributed by atoms with Crippen LogP contribution in [0.2, 0.25) is 0 Å². The van der Waals surface area contributed by atoms with Gasteiger partial charge in [0, 0.05) is 21.6 Å². The minimum absolute atomic E-state index is 0.710. The van der Waals surface area contributed by atoms with Crippen molar-refractivity contribution in [3.8, 4) is 0 Å². The lowest BCUT2D eigenvalue weighted by Crippen LogP contribution is -2.05. The van der Waals surface area contributed by atoms with Gasteiger partial charge in [0.2, 0.25) is 5.95 Å². The Morgan fingerprint density at radius 2 is 1.95 bits per heavy atom. The largest absolute Gasteiger partial charge is 0.354 e. The summed E-state index contributed by atoms with van der Waals surface area (Å²) in [7, 11) is 0. The fraction of sp³-hybridized carbons (Fsp3) is 0.286. The second-order valence-electron chi connectivity index (χ2n) is 4.15. The van der Waals surface area contributed by atoms with Crippen LogP contribution in [0.3, 0.4) is 0 Å². The number of aryl methyl sites for hydroxylation is 1. The number of benzene rings is 1. The summed E-state index contributed by atoms with van der Waals surface area (Å²) in [6.07, 6.45) is 1.06. The number of halogens is 1. The van der Waals surface area contributed by atoms with E-state index in [9.17, 15) is 0 Å². The lowest BCUT2D eigenvalue weighted by molar-refractivity contribution is 0.924. The van der Waals surface area contributed by atoms with Gasteiger partial charge in [0.25, 0.3) is 0 Å². The van der Waals surface area contributed by atoms with E-state index in [1.54, 1.807) is 11.8 Å². The highest BCUT2D eigenvalue weighted by atomic mass is 79.9. The van der Waals surface area contributed by atoms with Gasteiger partial charge in [0.15, 0.2) is 0 Å². The van der Waals surface area contributed by atoms with Crippen LogP contribution < -0.4 is 5.32 Å². The smallest absolute Gasteiger partial charge is 0.223 e. The van der Waals surface area contributed by atoms with Gasteiger partial charge in [-0.3, -0.25) is 0 Å². The molecule has 0 saturated heterocycles. The van der Waals surface area contributed by atoms with Crippen molar-refractivity contribution in [1.29, 1.82) is 0 Å². The molecular formula is C14H16BrN3S. The fourth-order valence-electron chi connectivity index (χ4n) is 1.53. The molecule has 0 amide bonds. The molecule has 100 valence electrons. The zero-order valence-electron chi connectivity index (χ0n) is 11.0. The monoisotopic (exact) mass is 337 g/mol. The Morgan fingerprint density at radius 1 is 1.21 bits per heavy atom. The molecule has 0 bridgehead atoms. The highest BCUT2D eigenvalue weighted by molar-refractivity contribution is 9.10. The Hall–Kier alpha value is -1.07. The number of rotatable bonds is 5. The number of hydrogen-bond acceptors (Lipinski definition) is 4. The van der Waals surface area contributed by atoms with Crippen LogP contribution in [0.4, 0.5) is 5.95 Å². The topological polar surface area (TPSA) is 37.8 Å². The van der Waals surface area contributed by atoms with E-state index >= 15 is 0 Å². The van der Waals surface area contributed by atoms with Gasteiger partial charge in [-0.25, -0.2) is 9.97 Å². The van der Waals surface area contributed by atoms with Gasteiger partial charge < -0.3 is 5.32 Å². The molecule has 2 aromatic rings. The van der Waals surface area contributed by atoms with Crippen molar-refractivity contribution in [3.63, 3.8) is 0 Å². The Morgan fingerprint density at radius 3 is 2.63 bits per heavy atom. The Bertz CT molecular complexity index is 543. The molecule has 3 nitrogen and oxygen atoms in total. The maximum absolute atomic E-state index is 4.52.